The molecule has 1 atom stereocenters. The Kier molecular flexibility index (Phi) is 4.63. The zero-order valence-corrected chi connectivity index (χ0v) is 8.96. The Morgan fingerprint density at radius 2 is 2.07 bits per heavy atom. The molecule has 0 bridgehead atoms. The third kappa shape index (κ3) is 3.48. The minimum Gasteiger partial charge on any atom is -0.396 e. The lowest BCUT2D eigenvalue weighted by Crippen LogP contribution is -2.26. The van der Waals surface area contributed by atoms with Gasteiger partial charge in [-0.25, -0.2) is 0 Å². The summed E-state index contributed by atoms with van der Waals surface area (Å²) in [6, 6.07) is 8.73. The number of aliphatic hydroxyl groups excluding tert-OH is 1. The molecule has 0 aliphatic heterocycles. The first kappa shape index (κ1) is 11.2. The highest BCUT2D eigenvalue weighted by Gasteiger charge is 2.01. The third-order valence-electron chi connectivity index (χ3n) is 2.46. The molecule has 0 amide bonds. The molecule has 78 valence electrons. The molecule has 0 aromatic heterocycles. The van der Waals surface area contributed by atoms with E-state index >= 15 is 0 Å². The molecule has 0 saturated carbocycles. The van der Waals surface area contributed by atoms with Crippen LogP contribution < -0.4 is 5.32 Å². The second-order valence-corrected chi connectivity index (χ2v) is 3.72. The Morgan fingerprint density at radius 3 is 2.71 bits per heavy atom. The molecular formula is C12H19NO. The number of hydrogen-bond acceptors (Lipinski definition) is 2. The van der Waals surface area contributed by atoms with Crippen molar-refractivity contribution in [2.24, 2.45) is 0 Å². The highest BCUT2D eigenvalue weighted by Crippen LogP contribution is 2.06. The van der Waals surface area contributed by atoms with E-state index < -0.39 is 0 Å². The van der Waals surface area contributed by atoms with E-state index in [9.17, 15) is 0 Å². The van der Waals surface area contributed by atoms with Crippen LogP contribution in [0.15, 0.2) is 24.3 Å². The normalized spacial score (nSPS) is 12.8. The Morgan fingerprint density at radius 1 is 1.36 bits per heavy atom. The van der Waals surface area contributed by atoms with E-state index in [0.29, 0.717) is 6.04 Å². The fourth-order valence-corrected chi connectivity index (χ4v) is 1.39. The van der Waals surface area contributed by atoms with Crippen LogP contribution in [0.2, 0.25) is 0 Å². The number of aryl methyl sites for hydroxylation is 1. The van der Waals surface area contributed by atoms with E-state index in [1.807, 2.05) is 0 Å². The maximum Gasteiger partial charge on any atom is 0.0445 e. The minimum absolute atomic E-state index is 0.252. The Balaban J connectivity index is 2.41. The molecule has 1 aromatic carbocycles. The van der Waals surface area contributed by atoms with Crippen LogP contribution in [0.3, 0.4) is 0 Å². The van der Waals surface area contributed by atoms with Crippen molar-refractivity contribution in [3.05, 3.63) is 35.4 Å². The molecule has 14 heavy (non-hydrogen) atoms. The summed E-state index contributed by atoms with van der Waals surface area (Å²) in [5, 5.41) is 12.1. The topological polar surface area (TPSA) is 32.3 Å². The van der Waals surface area contributed by atoms with Crippen LogP contribution in [0.5, 0.6) is 0 Å². The highest BCUT2D eigenvalue weighted by atomic mass is 16.3. The van der Waals surface area contributed by atoms with Gasteiger partial charge in [0.25, 0.3) is 0 Å². The van der Waals surface area contributed by atoms with Crippen molar-refractivity contribution < 1.29 is 5.11 Å². The predicted molar refractivity (Wildman–Crippen MR) is 59.2 cm³/mol. The molecule has 1 aromatic rings. The number of benzene rings is 1. The monoisotopic (exact) mass is 193 g/mol. The second kappa shape index (κ2) is 5.78. The first-order valence-corrected chi connectivity index (χ1v) is 5.12. The summed E-state index contributed by atoms with van der Waals surface area (Å²) in [7, 11) is 0. The third-order valence-corrected chi connectivity index (χ3v) is 2.46. The summed E-state index contributed by atoms with van der Waals surface area (Å²) in [5.41, 5.74) is 2.65. The van der Waals surface area contributed by atoms with E-state index in [0.717, 1.165) is 13.0 Å². The molecule has 0 heterocycles. The van der Waals surface area contributed by atoms with Crippen molar-refractivity contribution in [2.45, 2.75) is 32.9 Å². The van der Waals surface area contributed by atoms with Crippen molar-refractivity contribution in [1.29, 1.82) is 0 Å². The number of rotatable bonds is 5. The summed E-state index contributed by atoms with van der Waals surface area (Å²) in [6.07, 6.45) is 0.811. The quantitative estimate of drug-likeness (QED) is 0.748. The Bertz CT molecular complexity index is 273. The number of hydrogen-bond donors (Lipinski definition) is 2. The molecule has 0 radical (unpaired) electrons. The first-order valence-electron chi connectivity index (χ1n) is 5.12. The molecule has 2 heteroatoms. The van der Waals surface area contributed by atoms with Gasteiger partial charge in [0.1, 0.15) is 0 Å². The number of nitrogens with one attached hydrogen (secondary N) is 1. The van der Waals surface area contributed by atoms with Gasteiger partial charge in [-0.15, -0.1) is 0 Å². The van der Waals surface area contributed by atoms with Crippen LogP contribution in [-0.2, 0) is 6.54 Å². The SMILES string of the molecule is Cc1ccccc1CNC(C)CCO. The van der Waals surface area contributed by atoms with Crippen molar-refractivity contribution in [1.82, 2.24) is 5.32 Å². The van der Waals surface area contributed by atoms with Crippen molar-refractivity contribution in [3.8, 4) is 0 Å². The minimum atomic E-state index is 0.252. The molecule has 2 nitrogen and oxygen atoms in total. The Hall–Kier alpha value is -0.860. The molecular weight excluding hydrogens is 174 g/mol. The molecule has 0 fully saturated rings. The molecule has 1 rings (SSSR count). The lowest BCUT2D eigenvalue weighted by molar-refractivity contribution is 0.268. The zero-order chi connectivity index (χ0) is 10.4. The van der Waals surface area contributed by atoms with Crippen LogP contribution in [0.1, 0.15) is 24.5 Å². The maximum absolute atomic E-state index is 8.75. The van der Waals surface area contributed by atoms with Gasteiger partial charge in [0.15, 0.2) is 0 Å². The van der Waals surface area contributed by atoms with Gasteiger partial charge in [-0.2, -0.15) is 0 Å². The fourth-order valence-electron chi connectivity index (χ4n) is 1.39. The van der Waals surface area contributed by atoms with Gasteiger partial charge in [-0.05, 0) is 31.4 Å². The predicted octanol–water partition coefficient (Wildman–Crippen LogP) is 1.86. The fraction of sp³-hybridized carbons (Fsp3) is 0.500. The lowest BCUT2D eigenvalue weighted by Gasteiger charge is -2.13. The van der Waals surface area contributed by atoms with Crippen LogP contribution in [0.4, 0.5) is 0 Å². The largest absolute Gasteiger partial charge is 0.396 e. The first-order chi connectivity index (χ1) is 6.74. The summed E-state index contributed by atoms with van der Waals surface area (Å²) in [4.78, 5) is 0. The molecule has 0 aliphatic rings. The van der Waals surface area contributed by atoms with Crippen LogP contribution in [0, 0.1) is 6.92 Å². The van der Waals surface area contributed by atoms with Crippen LogP contribution in [-0.4, -0.2) is 17.8 Å². The van der Waals surface area contributed by atoms with Gasteiger partial charge < -0.3 is 10.4 Å². The van der Waals surface area contributed by atoms with Crippen molar-refractivity contribution in [2.75, 3.05) is 6.61 Å². The molecule has 0 aliphatic carbocycles. The lowest BCUT2D eigenvalue weighted by atomic mass is 10.1. The molecule has 1 unspecified atom stereocenters. The summed E-state index contributed by atoms with van der Waals surface area (Å²) in [6.45, 7) is 5.35. The van der Waals surface area contributed by atoms with Gasteiger partial charge in [0.05, 0.1) is 0 Å². The average molecular weight is 193 g/mol. The van der Waals surface area contributed by atoms with E-state index in [4.69, 9.17) is 5.11 Å². The van der Waals surface area contributed by atoms with Crippen molar-refractivity contribution >= 4 is 0 Å². The van der Waals surface area contributed by atoms with E-state index in [1.165, 1.54) is 11.1 Å². The average Bonchev–Trinajstić information content (AvgIpc) is 2.17. The highest BCUT2D eigenvalue weighted by molar-refractivity contribution is 5.25. The van der Waals surface area contributed by atoms with E-state index in [1.54, 1.807) is 0 Å². The summed E-state index contributed by atoms with van der Waals surface area (Å²) >= 11 is 0. The van der Waals surface area contributed by atoms with Gasteiger partial charge >= 0.3 is 0 Å². The molecule has 0 saturated heterocycles. The maximum atomic E-state index is 8.75. The Labute approximate surface area is 86.0 Å². The second-order valence-electron chi connectivity index (χ2n) is 3.72. The molecule has 0 spiro atoms. The van der Waals surface area contributed by atoms with Crippen LogP contribution in [0.25, 0.3) is 0 Å². The smallest absolute Gasteiger partial charge is 0.0445 e. The van der Waals surface area contributed by atoms with E-state index in [-0.39, 0.29) is 6.61 Å². The summed E-state index contributed by atoms with van der Waals surface area (Å²) < 4.78 is 0. The standard InChI is InChI=1S/C12H19NO/c1-10-5-3-4-6-12(10)9-13-11(2)7-8-14/h3-6,11,13-14H,7-9H2,1-2H3. The van der Waals surface area contributed by atoms with Gasteiger partial charge in [0, 0.05) is 19.2 Å². The van der Waals surface area contributed by atoms with E-state index in [2.05, 4.69) is 43.4 Å². The van der Waals surface area contributed by atoms with Gasteiger partial charge in [-0.3, -0.25) is 0 Å². The van der Waals surface area contributed by atoms with Crippen LogP contribution >= 0.6 is 0 Å². The zero-order valence-electron chi connectivity index (χ0n) is 8.96. The van der Waals surface area contributed by atoms with Gasteiger partial charge in [0.2, 0.25) is 0 Å². The molecule has 2 N–H and O–H groups in total. The van der Waals surface area contributed by atoms with Gasteiger partial charge in [-0.1, -0.05) is 24.3 Å². The summed E-state index contributed by atoms with van der Waals surface area (Å²) in [5.74, 6) is 0. The number of aliphatic hydroxyl groups is 1. The van der Waals surface area contributed by atoms with Crippen molar-refractivity contribution in [3.63, 3.8) is 0 Å².